The van der Waals surface area contributed by atoms with E-state index in [1.165, 1.54) is 31.4 Å². The van der Waals surface area contributed by atoms with Crippen LogP contribution in [0.5, 0.6) is 5.75 Å². The first-order valence-corrected chi connectivity index (χ1v) is 11.9. The fourth-order valence-electron chi connectivity index (χ4n) is 3.96. The van der Waals surface area contributed by atoms with Gasteiger partial charge in [0.2, 0.25) is 5.91 Å². The average Bonchev–Trinajstić information content (AvgIpc) is 3.22. The second kappa shape index (κ2) is 10.4. The summed E-state index contributed by atoms with van der Waals surface area (Å²) < 4.78 is 21.8. The molecule has 0 spiro atoms. The maximum absolute atomic E-state index is 14.5. The number of carbonyl (C=O) groups excluding carboxylic acids is 1. The summed E-state index contributed by atoms with van der Waals surface area (Å²) >= 11 is 7.33. The number of methoxy groups -OCH3 is 1. The van der Waals surface area contributed by atoms with Crippen LogP contribution in [0, 0.1) is 5.82 Å². The highest BCUT2D eigenvalue weighted by molar-refractivity contribution is 7.99. The number of rotatable bonds is 7. The topological polar surface area (TPSA) is 69.0 Å². The fourth-order valence-corrected chi connectivity index (χ4v) is 4.94. The van der Waals surface area contributed by atoms with Gasteiger partial charge in [0.05, 0.1) is 24.1 Å². The quantitative estimate of drug-likeness (QED) is 0.426. The van der Waals surface area contributed by atoms with Gasteiger partial charge in [-0.2, -0.15) is 0 Å². The van der Waals surface area contributed by atoms with E-state index in [1.807, 2.05) is 4.57 Å². The van der Waals surface area contributed by atoms with Crippen LogP contribution in [-0.4, -0.2) is 33.5 Å². The SMILES string of the molecule is COc1ccc(Cl)cc1NC(=O)CSc1nnc(-c2ccccc2F)n1C1CCCCC1. The summed E-state index contributed by atoms with van der Waals surface area (Å²) in [7, 11) is 1.53. The number of nitrogens with zero attached hydrogens (tertiary/aromatic N) is 3. The molecule has 0 bridgehead atoms. The molecular formula is C23H24ClFN4O2S. The summed E-state index contributed by atoms with van der Waals surface area (Å²) in [6.07, 6.45) is 5.38. The number of thioether (sulfide) groups is 1. The first-order chi connectivity index (χ1) is 15.6. The van der Waals surface area contributed by atoms with Crippen molar-refractivity contribution < 1.29 is 13.9 Å². The largest absolute Gasteiger partial charge is 0.495 e. The van der Waals surface area contributed by atoms with Gasteiger partial charge in [-0.25, -0.2) is 4.39 Å². The Balaban J connectivity index is 1.55. The van der Waals surface area contributed by atoms with E-state index in [1.54, 1.807) is 36.4 Å². The van der Waals surface area contributed by atoms with Crippen molar-refractivity contribution in [2.24, 2.45) is 0 Å². The van der Waals surface area contributed by atoms with E-state index in [4.69, 9.17) is 16.3 Å². The van der Waals surface area contributed by atoms with Crippen molar-refractivity contribution in [3.63, 3.8) is 0 Å². The van der Waals surface area contributed by atoms with Crippen molar-refractivity contribution in [2.75, 3.05) is 18.2 Å². The lowest BCUT2D eigenvalue weighted by Gasteiger charge is -2.25. The molecule has 32 heavy (non-hydrogen) atoms. The monoisotopic (exact) mass is 474 g/mol. The summed E-state index contributed by atoms with van der Waals surface area (Å²) in [6.45, 7) is 0. The summed E-state index contributed by atoms with van der Waals surface area (Å²) in [5, 5.41) is 12.6. The number of hydrogen-bond acceptors (Lipinski definition) is 5. The lowest BCUT2D eigenvalue weighted by molar-refractivity contribution is -0.113. The predicted octanol–water partition coefficient (Wildman–Crippen LogP) is 5.98. The fraction of sp³-hybridized carbons (Fsp3) is 0.348. The molecule has 0 saturated heterocycles. The third kappa shape index (κ3) is 5.07. The number of amides is 1. The second-order valence-electron chi connectivity index (χ2n) is 7.63. The summed E-state index contributed by atoms with van der Waals surface area (Å²) in [4.78, 5) is 12.6. The van der Waals surface area contributed by atoms with Gasteiger partial charge >= 0.3 is 0 Å². The number of aromatic nitrogens is 3. The highest BCUT2D eigenvalue weighted by Crippen LogP contribution is 2.36. The van der Waals surface area contributed by atoms with Gasteiger partial charge in [0.25, 0.3) is 0 Å². The van der Waals surface area contributed by atoms with E-state index >= 15 is 0 Å². The van der Waals surface area contributed by atoms with Crippen LogP contribution in [0.1, 0.15) is 38.1 Å². The Hall–Kier alpha value is -2.58. The number of carbonyl (C=O) groups is 1. The molecule has 1 N–H and O–H groups in total. The van der Waals surface area contributed by atoms with Gasteiger partial charge in [0.1, 0.15) is 11.6 Å². The highest BCUT2D eigenvalue weighted by Gasteiger charge is 2.25. The number of nitrogens with one attached hydrogen (secondary N) is 1. The van der Waals surface area contributed by atoms with Crippen LogP contribution in [0.25, 0.3) is 11.4 Å². The number of ether oxygens (including phenoxy) is 1. The molecule has 1 fully saturated rings. The van der Waals surface area contributed by atoms with Crippen molar-refractivity contribution in [3.05, 3.63) is 53.3 Å². The minimum Gasteiger partial charge on any atom is -0.495 e. The normalized spacial score (nSPS) is 14.3. The standard InChI is InChI=1S/C23H24ClFN4O2S/c1-31-20-12-11-15(24)13-19(20)26-21(30)14-32-23-28-27-22(17-9-5-6-10-18(17)25)29(23)16-7-3-2-4-8-16/h5-6,9-13,16H,2-4,7-8,14H2,1H3,(H,26,30). The van der Waals surface area contributed by atoms with Gasteiger partial charge in [-0.05, 0) is 43.2 Å². The van der Waals surface area contributed by atoms with Crippen LogP contribution in [0.2, 0.25) is 5.02 Å². The lowest BCUT2D eigenvalue weighted by atomic mass is 9.95. The van der Waals surface area contributed by atoms with E-state index in [-0.39, 0.29) is 23.5 Å². The molecule has 9 heteroatoms. The Labute approximate surface area is 195 Å². The smallest absolute Gasteiger partial charge is 0.234 e. The van der Waals surface area contributed by atoms with Gasteiger partial charge in [-0.1, -0.05) is 54.8 Å². The molecule has 168 valence electrons. The molecule has 1 aromatic heterocycles. The Bertz CT molecular complexity index is 1100. The first kappa shape index (κ1) is 22.6. The van der Waals surface area contributed by atoms with Crippen molar-refractivity contribution in [1.82, 2.24) is 14.8 Å². The van der Waals surface area contributed by atoms with E-state index in [0.717, 1.165) is 25.7 Å². The number of hydrogen-bond donors (Lipinski definition) is 1. The molecule has 0 radical (unpaired) electrons. The Morgan fingerprint density at radius 2 is 2.00 bits per heavy atom. The number of halogens is 2. The first-order valence-electron chi connectivity index (χ1n) is 10.5. The molecule has 1 amide bonds. The highest BCUT2D eigenvalue weighted by atomic mass is 35.5. The zero-order valence-corrected chi connectivity index (χ0v) is 19.3. The Morgan fingerprint density at radius 1 is 1.22 bits per heavy atom. The van der Waals surface area contributed by atoms with Gasteiger partial charge < -0.3 is 10.1 Å². The average molecular weight is 475 g/mol. The molecule has 0 unspecified atom stereocenters. The third-order valence-corrected chi connectivity index (χ3v) is 6.67. The summed E-state index contributed by atoms with van der Waals surface area (Å²) in [5.74, 6) is 0.604. The second-order valence-corrected chi connectivity index (χ2v) is 9.01. The van der Waals surface area contributed by atoms with E-state index in [9.17, 15) is 9.18 Å². The molecule has 1 saturated carbocycles. The molecule has 3 aromatic rings. The number of anilines is 1. The Morgan fingerprint density at radius 3 is 2.75 bits per heavy atom. The van der Waals surface area contributed by atoms with Gasteiger partial charge in [-0.3, -0.25) is 9.36 Å². The maximum Gasteiger partial charge on any atom is 0.234 e. The van der Waals surface area contributed by atoms with Gasteiger partial charge in [0.15, 0.2) is 11.0 Å². The molecule has 0 aliphatic heterocycles. The van der Waals surface area contributed by atoms with Crippen LogP contribution in [0.4, 0.5) is 10.1 Å². The van der Waals surface area contributed by atoms with E-state index in [0.29, 0.717) is 33.0 Å². The van der Waals surface area contributed by atoms with Crippen LogP contribution in [0.3, 0.4) is 0 Å². The summed E-state index contributed by atoms with van der Waals surface area (Å²) in [6, 6.07) is 11.8. The molecule has 1 aliphatic rings. The molecule has 4 rings (SSSR count). The summed E-state index contributed by atoms with van der Waals surface area (Å²) in [5.41, 5.74) is 0.928. The van der Waals surface area contributed by atoms with Crippen molar-refractivity contribution in [2.45, 2.75) is 43.3 Å². The van der Waals surface area contributed by atoms with E-state index < -0.39 is 0 Å². The number of benzene rings is 2. The van der Waals surface area contributed by atoms with Gasteiger partial charge in [-0.15, -0.1) is 10.2 Å². The van der Waals surface area contributed by atoms with E-state index in [2.05, 4.69) is 15.5 Å². The zero-order chi connectivity index (χ0) is 22.5. The Kier molecular flexibility index (Phi) is 7.32. The van der Waals surface area contributed by atoms with Crippen molar-refractivity contribution in [1.29, 1.82) is 0 Å². The minimum atomic E-state index is -0.334. The molecule has 2 aromatic carbocycles. The molecule has 1 aliphatic carbocycles. The maximum atomic E-state index is 14.5. The minimum absolute atomic E-state index is 0.123. The van der Waals surface area contributed by atoms with Crippen LogP contribution < -0.4 is 10.1 Å². The van der Waals surface area contributed by atoms with Crippen molar-refractivity contribution >= 4 is 35.0 Å². The predicted molar refractivity (Wildman–Crippen MR) is 125 cm³/mol. The third-order valence-electron chi connectivity index (χ3n) is 5.49. The van der Waals surface area contributed by atoms with Crippen LogP contribution in [-0.2, 0) is 4.79 Å². The zero-order valence-electron chi connectivity index (χ0n) is 17.7. The van der Waals surface area contributed by atoms with Gasteiger partial charge in [0, 0.05) is 11.1 Å². The molecular weight excluding hydrogens is 451 g/mol. The molecule has 6 nitrogen and oxygen atoms in total. The van der Waals surface area contributed by atoms with Crippen LogP contribution >= 0.6 is 23.4 Å². The lowest BCUT2D eigenvalue weighted by Crippen LogP contribution is -2.18. The molecule has 1 heterocycles. The molecule has 0 atom stereocenters. The van der Waals surface area contributed by atoms with Crippen molar-refractivity contribution in [3.8, 4) is 17.1 Å². The van der Waals surface area contributed by atoms with Crippen LogP contribution in [0.15, 0.2) is 47.6 Å².